The van der Waals surface area contributed by atoms with Crippen molar-refractivity contribution in [2.75, 3.05) is 17.5 Å². The highest BCUT2D eigenvalue weighted by Crippen LogP contribution is 2.16. The van der Waals surface area contributed by atoms with Crippen LogP contribution in [0.3, 0.4) is 0 Å². The molecule has 0 aliphatic carbocycles. The first-order valence-corrected chi connectivity index (χ1v) is 5.85. The van der Waals surface area contributed by atoms with Crippen LogP contribution in [0.5, 0.6) is 0 Å². The third-order valence-corrected chi connectivity index (χ3v) is 2.30. The van der Waals surface area contributed by atoms with E-state index in [-0.39, 0.29) is 0 Å². The van der Waals surface area contributed by atoms with Gasteiger partial charge in [-0.25, -0.2) is 0 Å². The predicted molar refractivity (Wildman–Crippen MR) is 60.4 cm³/mol. The van der Waals surface area contributed by atoms with Gasteiger partial charge >= 0.3 is 0 Å². The van der Waals surface area contributed by atoms with E-state index in [1.165, 1.54) is 30.4 Å². The van der Waals surface area contributed by atoms with Crippen LogP contribution in [0.4, 0.5) is 0 Å². The Labute approximate surface area is 84.5 Å². The molecule has 0 unspecified atom stereocenters. The molecule has 0 amide bonds. The summed E-state index contributed by atoms with van der Waals surface area (Å²) in [7, 11) is 0. The van der Waals surface area contributed by atoms with Gasteiger partial charge in [0, 0.05) is 4.43 Å². The minimum Gasteiger partial charge on any atom is -0.317 e. The van der Waals surface area contributed by atoms with Gasteiger partial charge in [-0.05, 0) is 31.3 Å². The molecule has 11 heavy (non-hydrogen) atoms. The standard InChI is InChI=1S/C9H20IN/c1-9(2,3)5-8-11-7-4-6-10/h11H,4-8H2,1-3H3. The van der Waals surface area contributed by atoms with Crippen LogP contribution in [-0.4, -0.2) is 17.5 Å². The summed E-state index contributed by atoms with van der Waals surface area (Å²) in [6.07, 6.45) is 2.57. The van der Waals surface area contributed by atoms with Gasteiger partial charge in [0.2, 0.25) is 0 Å². The monoisotopic (exact) mass is 269 g/mol. The van der Waals surface area contributed by atoms with Gasteiger partial charge in [-0.3, -0.25) is 0 Å². The zero-order valence-corrected chi connectivity index (χ0v) is 10.1. The second-order valence-electron chi connectivity index (χ2n) is 4.10. The molecule has 0 saturated heterocycles. The van der Waals surface area contributed by atoms with Gasteiger partial charge in [-0.1, -0.05) is 43.4 Å². The van der Waals surface area contributed by atoms with Crippen molar-refractivity contribution in [2.45, 2.75) is 33.6 Å². The van der Waals surface area contributed by atoms with E-state index in [2.05, 4.69) is 48.7 Å². The molecule has 0 aliphatic rings. The zero-order valence-electron chi connectivity index (χ0n) is 7.91. The van der Waals surface area contributed by atoms with Crippen LogP contribution >= 0.6 is 22.6 Å². The second kappa shape index (κ2) is 6.23. The first-order valence-electron chi connectivity index (χ1n) is 4.33. The highest BCUT2D eigenvalue weighted by molar-refractivity contribution is 14.1. The van der Waals surface area contributed by atoms with E-state index in [0.29, 0.717) is 5.41 Å². The molecule has 0 aromatic rings. The van der Waals surface area contributed by atoms with Crippen molar-refractivity contribution in [2.24, 2.45) is 5.41 Å². The Morgan fingerprint density at radius 3 is 2.27 bits per heavy atom. The van der Waals surface area contributed by atoms with E-state index in [9.17, 15) is 0 Å². The first kappa shape index (κ1) is 11.7. The molecule has 0 bridgehead atoms. The molecule has 68 valence electrons. The van der Waals surface area contributed by atoms with Crippen molar-refractivity contribution in [3.8, 4) is 0 Å². The van der Waals surface area contributed by atoms with Crippen LogP contribution in [0.1, 0.15) is 33.6 Å². The van der Waals surface area contributed by atoms with Crippen LogP contribution in [0.2, 0.25) is 0 Å². The highest BCUT2D eigenvalue weighted by Gasteiger charge is 2.07. The average Bonchev–Trinajstić information content (AvgIpc) is 1.85. The maximum atomic E-state index is 3.44. The summed E-state index contributed by atoms with van der Waals surface area (Å²) in [6.45, 7) is 9.20. The fourth-order valence-electron chi connectivity index (χ4n) is 0.780. The van der Waals surface area contributed by atoms with Crippen molar-refractivity contribution in [3.63, 3.8) is 0 Å². The molecule has 2 heteroatoms. The zero-order chi connectivity index (χ0) is 8.74. The van der Waals surface area contributed by atoms with E-state index in [1.54, 1.807) is 0 Å². The van der Waals surface area contributed by atoms with Crippen molar-refractivity contribution in [1.82, 2.24) is 5.32 Å². The van der Waals surface area contributed by atoms with Crippen molar-refractivity contribution >= 4 is 22.6 Å². The molecule has 0 fully saturated rings. The van der Waals surface area contributed by atoms with Crippen molar-refractivity contribution in [3.05, 3.63) is 0 Å². The van der Waals surface area contributed by atoms with Crippen molar-refractivity contribution in [1.29, 1.82) is 0 Å². The Morgan fingerprint density at radius 2 is 1.82 bits per heavy atom. The van der Waals surface area contributed by atoms with E-state index >= 15 is 0 Å². The third kappa shape index (κ3) is 10.7. The van der Waals surface area contributed by atoms with Gasteiger partial charge in [-0.15, -0.1) is 0 Å². The predicted octanol–water partition coefficient (Wildman–Crippen LogP) is 2.84. The van der Waals surface area contributed by atoms with Gasteiger partial charge in [0.15, 0.2) is 0 Å². The van der Waals surface area contributed by atoms with E-state index in [0.717, 1.165) is 0 Å². The Bertz CT molecular complexity index is 86.1. The quantitative estimate of drug-likeness (QED) is 0.460. The molecule has 1 N–H and O–H groups in total. The Hall–Kier alpha value is 0.690. The molecule has 0 atom stereocenters. The summed E-state index contributed by atoms with van der Waals surface area (Å²) in [5.41, 5.74) is 0.483. The van der Waals surface area contributed by atoms with Crippen LogP contribution in [0, 0.1) is 5.41 Å². The summed E-state index contributed by atoms with van der Waals surface area (Å²) in [4.78, 5) is 0. The molecule has 0 aromatic carbocycles. The molecule has 0 aliphatic heterocycles. The number of halogens is 1. The molecular weight excluding hydrogens is 249 g/mol. The smallest absolute Gasteiger partial charge is 0.000735 e. The summed E-state index contributed by atoms with van der Waals surface area (Å²) >= 11 is 2.42. The van der Waals surface area contributed by atoms with Crippen LogP contribution < -0.4 is 5.32 Å². The second-order valence-corrected chi connectivity index (χ2v) is 5.18. The summed E-state index contributed by atoms with van der Waals surface area (Å²) < 4.78 is 1.26. The molecular formula is C9H20IN. The Balaban J connectivity index is 3.02. The maximum absolute atomic E-state index is 3.44. The summed E-state index contributed by atoms with van der Waals surface area (Å²) in [5.74, 6) is 0. The Morgan fingerprint density at radius 1 is 1.18 bits per heavy atom. The Kier molecular flexibility index (Phi) is 6.62. The van der Waals surface area contributed by atoms with Crippen molar-refractivity contribution < 1.29 is 0 Å². The SMILES string of the molecule is CC(C)(C)CCNCCCI. The lowest BCUT2D eigenvalue weighted by Gasteiger charge is -2.17. The number of hydrogen-bond donors (Lipinski definition) is 1. The fourth-order valence-corrected chi connectivity index (χ4v) is 1.16. The highest BCUT2D eigenvalue weighted by atomic mass is 127. The van der Waals surface area contributed by atoms with Crippen LogP contribution in [0.15, 0.2) is 0 Å². The molecule has 0 saturated carbocycles. The van der Waals surface area contributed by atoms with Gasteiger partial charge in [-0.2, -0.15) is 0 Å². The number of nitrogens with one attached hydrogen (secondary N) is 1. The lowest BCUT2D eigenvalue weighted by atomic mass is 9.92. The number of rotatable bonds is 5. The summed E-state index contributed by atoms with van der Waals surface area (Å²) in [6, 6.07) is 0. The molecule has 0 rings (SSSR count). The lowest BCUT2D eigenvalue weighted by molar-refractivity contribution is 0.367. The average molecular weight is 269 g/mol. The molecule has 0 aromatic heterocycles. The third-order valence-electron chi connectivity index (χ3n) is 1.54. The minimum absolute atomic E-state index is 0.483. The molecule has 0 spiro atoms. The molecule has 1 nitrogen and oxygen atoms in total. The minimum atomic E-state index is 0.483. The lowest BCUT2D eigenvalue weighted by Crippen LogP contribution is -2.21. The largest absolute Gasteiger partial charge is 0.317 e. The van der Waals surface area contributed by atoms with E-state index in [1.807, 2.05) is 0 Å². The first-order chi connectivity index (χ1) is 5.06. The number of hydrogen-bond acceptors (Lipinski definition) is 1. The van der Waals surface area contributed by atoms with Gasteiger partial charge < -0.3 is 5.32 Å². The van der Waals surface area contributed by atoms with E-state index in [4.69, 9.17) is 0 Å². The van der Waals surface area contributed by atoms with E-state index < -0.39 is 0 Å². The molecule has 0 heterocycles. The molecule has 0 radical (unpaired) electrons. The normalized spacial score (nSPS) is 12.0. The van der Waals surface area contributed by atoms with Gasteiger partial charge in [0.05, 0.1) is 0 Å². The number of alkyl halides is 1. The van der Waals surface area contributed by atoms with Crippen LogP contribution in [-0.2, 0) is 0 Å². The maximum Gasteiger partial charge on any atom is 0.000735 e. The van der Waals surface area contributed by atoms with Gasteiger partial charge in [0.25, 0.3) is 0 Å². The van der Waals surface area contributed by atoms with Gasteiger partial charge in [0.1, 0.15) is 0 Å². The summed E-state index contributed by atoms with van der Waals surface area (Å²) in [5, 5.41) is 3.44. The topological polar surface area (TPSA) is 12.0 Å². The van der Waals surface area contributed by atoms with Crippen LogP contribution in [0.25, 0.3) is 0 Å². The fraction of sp³-hybridized carbons (Fsp3) is 1.00.